The molecule has 114 valence electrons. The number of nitrogens with zero attached hydrogens (tertiary/aromatic N) is 1. The summed E-state index contributed by atoms with van der Waals surface area (Å²) < 4.78 is 0. The van der Waals surface area contributed by atoms with Crippen LogP contribution in [0.15, 0.2) is 0 Å². The highest BCUT2D eigenvalue weighted by molar-refractivity contribution is 5.90. The zero-order chi connectivity index (χ0) is 14.8. The van der Waals surface area contributed by atoms with Crippen molar-refractivity contribution in [2.75, 3.05) is 6.54 Å². The predicted octanol–water partition coefficient (Wildman–Crippen LogP) is 2.47. The lowest BCUT2D eigenvalue weighted by atomic mass is 9.81. The molecule has 0 bridgehead atoms. The summed E-state index contributed by atoms with van der Waals surface area (Å²) >= 11 is 0. The lowest BCUT2D eigenvalue weighted by Crippen LogP contribution is -2.56. The molecule has 4 heteroatoms. The molecule has 0 aromatic heterocycles. The Balaban J connectivity index is 2.22. The van der Waals surface area contributed by atoms with Crippen molar-refractivity contribution >= 4 is 11.8 Å². The topological polar surface area (TPSA) is 49.4 Å². The molecule has 2 unspecified atom stereocenters. The predicted molar refractivity (Wildman–Crippen MR) is 79.2 cm³/mol. The van der Waals surface area contributed by atoms with Gasteiger partial charge in [-0.05, 0) is 25.7 Å². The summed E-state index contributed by atoms with van der Waals surface area (Å²) in [6.07, 6.45) is 7.13. The average molecular weight is 280 g/mol. The number of rotatable bonds is 3. The van der Waals surface area contributed by atoms with E-state index in [0.29, 0.717) is 13.0 Å². The Morgan fingerprint density at radius 1 is 1.30 bits per heavy atom. The summed E-state index contributed by atoms with van der Waals surface area (Å²) in [5, 5.41) is 2.94. The number of nitrogens with one attached hydrogen (secondary N) is 1. The first kappa shape index (κ1) is 15.3. The largest absolute Gasteiger partial charge is 0.344 e. The van der Waals surface area contributed by atoms with Crippen LogP contribution in [0.4, 0.5) is 0 Å². The Morgan fingerprint density at radius 2 is 1.95 bits per heavy atom. The van der Waals surface area contributed by atoms with E-state index >= 15 is 0 Å². The minimum absolute atomic E-state index is 0.0190. The Labute approximate surface area is 122 Å². The van der Waals surface area contributed by atoms with E-state index in [0.717, 1.165) is 19.3 Å². The van der Waals surface area contributed by atoms with Gasteiger partial charge in [0.2, 0.25) is 11.8 Å². The Hall–Kier alpha value is -1.06. The van der Waals surface area contributed by atoms with Gasteiger partial charge in [-0.15, -0.1) is 0 Å². The first-order valence-corrected chi connectivity index (χ1v) is 8.09. The van der Waals surface area contributed by atoms with E-state index in [1.165, 1.54) is 19.3 Å². The molecule has 1 saturated carbocycles. The molecule has 20 heavy (non-hydrogen) atoms. The van der Waals surface area contributed by atoms with Crippen molar-refractivity contribution in [2.24, 2.45) is 5.92 Å². The standard InChI is InChI=1S/C16H28N2O2/c1-4-12(2)14-15(20)18(11-8-13(19)17-14)16(3)9-6-5-7-10-16/h12,14H,4-11H2,1-3H3,(H,17,19). The van der Waals surface area contributed by atoms with E-state index in [4.69, 9.17) is 0 Å². The van der Waals surface area contributed by atoms with E-state index in [1.807, 2.05) is 4.90 Å². The van der Waals surface area contributed by atoms with Crippen molar-refractivity contribution in [3.8, 4) is 0 Å². The van der Waals surface area contributed by atoms with Gasteiger partial charge in [0, 0.05) is 18.5 Å². The van der Waals surface area contributed by atoms with Crippen LogP contribution in [0.5, 0.6) is 0 Å². The summed E-state index contributed by atoms with van der Waals surface area (Å²) in [6.45, 7) is 6.90. The summed E-state index contributed by atoms with van der Waals surface area (Å²) in [7, 11) is 0. The summed E-state index contributed by atoms with van der Waals surface area (Å²) in [5.41, 5.74) is -0.0483. The van der Waals surface area contributed by atoms with Gasteiger partial charge in [-0.25, -0.2) is 0 Å². The lowest BCUT2D eigenvalue weighted by Gasteiger charge is -2.44. The normalized spacial score (nSPS) is 28.8. The lowest BCUT2D eigenvalue weighted by molar-refractivity contribution is -0.141. The maximum absolute atomic E-state index is 12.9. The van der Waals surface area contributed by atoms with Gasteiger partial charge in [-0.1, -0.05) is 39.5 Å². The van der Waals surface area contributed by atoms with Crippen LogP contribution in [-0.4, -0.2) is 34.8 Å². The number of hydrogen-bond acceptors (Lipinski definition) is 2. The maximum Gasteiger partial charge on any atom is 0.245 e. The fraction of sp³-hybridized carbons (Fsp3) is 0.875. The molecule has 2 atom stereocenters. The number of amides is 2. The van der Waals surface area contributed by atoms with Crippen LogP contribution in [0.25, 0.3) is 0 Å². The third kappa shape index (κ3) is 2.99. The molecule has 0 radical (unpaired) electrons. The van der Waals surface area contributed by atoms with Crippen LogP contribution in [0.2, 0.25) is 0 Å². The molecular formula is C16H28N2O2. The molecule has 2 aliphatic rings. The first-order valence-electron chi connectivity index (χ1n) is 8.09. The Kier molecular flexibility index (Phi) is 4.71. The number of carbonyl (C=O) groups excluding carboxylic acids is 2. The highest BCUT2D eigenvalue weighted by atomic mass is 16.2. The van der Waals surface area contributed by atoms with Crippen molar-refractivity contribution < 1.29 is 9.59 Å². The zero-order valence-corrected chi connectivity index (χ0v) is 13.1. The molecule has 2 amide bonds. The van der Waals surface area contributed by atoms with Gasteiger partial charge in [-0.2, -0.15) is 0 Å². The third-order valence-corrected chi connectivity index (χ3v) is 5.21. The van der Waals surface area contributed by atoms with Crippen LogP contribution in [0, 0.1) is 5.92 Å². The third-order valence-electron chi connectivity index (χ3n) is 5.21. The van der Waals surface area contributed by atoms with Gasteiger partial charge >= 0.3 is 0 Å². The van der Waals surface area contributed by atoms with Gasteiger partial charge in [-0.3, -0.25) is 9.59 Å². The second-order valence-corrected chi connectivity index (χ2v) is 6.73. The summed E-state index contributed by atoms with van der Waals surface area (Å²) in [4.78, 5) is 26.8. The van der Waals surface area contributed by atoms with Crippen molar-refractivity contribution in [3.05, 3.63) is 0 Å². The van der Waals surface area contributed by atoms with Crippen molar-refractivity contribution in [1.82, 2.24) is 10.2 Å². The highest BCUT2D eigenvalue weighted by Gasteiger charge is 2.42. The molecule has 1 N–H and O–H groups in total. The molecule has 0 aromatic carbocycles. The molecule has 1 heterocycles. The average Bonchev–Trinajstić information content (AvgIpc) is 2.58. The fourth-order valence-electron chi connectivity index (χ4n) is 3.54. The molecule has 4 nitrogen and oxygen atoms in total. The molecular weight excluding hydrogens is 252 g/mol. The Bertz CT molecular complexity index is 375. The minimum atomic E-state index is -0.339. The van der Waals surface area contributed by atoms with E-state index in [1.54, 1.807) is 0 Å². The molecule has 2 rings (SSSR count). The van der Waals surface area contributed by atoms with Crippen LogP contribution >= 0.6 is 0 Å². The smallest absolute Gasteiger partial charge is 0.245 e. The number of hydrogen-bond donors (Lipinski definition) is 1. The minimum Gasteiger partial charge on any atom is -0.344 e. The van der Waals surface area contributed by atoms with Gasteiger partial charge in [0.25, 0.3) is 0 Å². The van der Waals surface area contributed by atoms with Crippen LogP contribution in [0.1, 0.15) is 65.7 Å². The zero-order valence-electron chi connectivity index (χ0n) is 13.1. The first-order chi connectivity index (χ1) is 9.48. The highest BCUT2D eigenvalue weighted by Crippen LogP contribution is 2.35. The summed E-state index contributed by atoms with van der Waals surface area (Å²) in [6, 6.07) is -0.339. The van der Waals surface area contributed by atoms with Crippen molar-refractivity contribution in [1.29, 1.82) is 0 Å². The monoisotopic (exact) mass is 280 g/mol. The molecule has 1 aliphatic carbocycles. The Morgan fingerprint density at radius 3 is 2.55 bits per heavy atom. The quantitative estimate of drug-likeness (QED) is 0.863. The molecule has 1 aliphatic heterocycles. The van der Waals surface area contributed by atoms with Crippen LogP contribution in [-0.2, 0) is 9.59 Å². The van der Waals surface area contributed by atoms with Crippen LogP contribution in [0.3, 0.4) is 0 Å². The molecule has 0 spiro atoms. The van der Waals surface area contributed by atoms with E-state index in [2.05, 4.69) is 26.1 Å². The maximum atomic E-state index is 12.9. The molecule has 2 fully saturated rings. The summed E-state index contributed by atoms with van der Waals surface area (Å²) in [5.74, 6) is 0.347. The fourth-order valence-corrected chi connectivity index (χ4v) is 3.54. The van der Waals surface area contributed by atoms with Gasteiger partial charge in [0.15, 0.2) is 0 Å². The van der Waals surface area contributed by atoms with Crippen molar-refractivity contribution in [3.63, 3.8) is 0 Å². The number of carbonyl (C=O) groups is 2. The van der Waals surface area contributed by atoms with E-state index in [-0.39, 0.29) is 29.3 Å². The second-order valence-electron chi connectivity index (χ2n) is 6.73. The van der Waals surface area contributed by atoms with Crippen molar-refractivity contribution in [2.45, 2.75) is 77.3 Å². The second kappa shape index (κ2) is 6.15. The van der Waals surface area contributed by atoms with Gasteiger partial charge < -0.3 is 10.2 Å². The molecule has 0 aromatic rings. The molecule has 1 saturated heterocycles. The van der Waals surface area contributed by atoms with E-state index in [9.17, 15) is 9.59 Å². The van der Waals surface area contributed by atoms with Gasteiger partial charge in [0.05, 0.1) is 0 Å². The van der Waals surface area contributed by atoms with Gasteiger partial charge in [0.1, 0.15) is 6.04 Å². The van der Waals surface area contributed by atoms with E-state index < -0.39 is 0 Å². The van der Waals surface area contributed by atoms with Crippen LogP contribution < -0.4 is 5.32 Å². The SMILES string of the molecule is CCC(C)C1NC(=O)CCN(C2(C)CCCCC2)C1=O.